The van der Waals surface area contributed by atoms with Crippen LogP contribution in [-0.4, -0.2) is 24.4 Å². The second kappa shape index (κ2) is 8.80. The summed E-state index contributed by atoms with van der Waals surface area (Å²) in [5, 5.41) is 2.71. The molecule has 1 saturated heterocycles. The van der Waals surface area contributed by atoms with Gasteiger partial charge < -0.3 is 10.1 Å². The van der Waals surface area contributed by atoms with Gasteiger partial charge in [-0.2, -0.15) is 13.2 Å². The molecule has 1 heterocycles. The zero-order valence-electron chi connectivity index (χ0n) is 14.6. The Kier molecular flexibility index (Phi) is 6.44. The predicted octanol–water partition coefficient (Wildman–Crippen LogP) is 4.91. The largest absolute Gasteiger partial charge is 0.416 e. The molecule has 3 nitrogen and oxygen atoms in total. The van der Waals surface area contributed by atoms with Crippen molar-refractivity contribution in [1.82, 2.24) is 5.32 Å². The van der Waals surface area contributed by atoms with Crippen LogP contribution in [-0.2, 0) is 17.5 Å². The first-order valence-corrected chi connectivity index (χ1v) is 9.70. The molecule has 0 unspecified atom stereocenters. The zero-order chi connectivity index (χ0) is 19.3. The Bertz CT molecular complexity index is 789. The molecule has 1 aliphatic heterocycles. The van der Waals surface area contributed by atoms with Crippen molar-refractivity contribution < 1.29 is 22.7 Å². The topological polar surface area (TPSA) is 38.3 Å². The third-order valence-corrected chi connectivity index (χ3v) is 5.49. The number of thioether (sulfide) groups is 1. The van der Waals surface area contributed by atoms with Crippen molar-refractivity contribution >= 4 is 17.7 Å². The van der Waals surface area contributed by atoms with Crippen LogP contribution in [0, 0.1) is 0 Å². The van der Waals surface area contributed by atoms with Gasteiger partial charge in [-0.1, -0.05) is 24.3 Å². The molecule has 0 saturated carbocycles. The third-order valence-electron chi connectivity index (χ3n) is 4.29. The molecule has 27 heavy (non-hydrogen) atoms. The van der Waals surface area contributed by atoms with Crippen molar-refractivity contribution in [3.63, 3.8) is 0 Å². The molecule has 7 heteroatoms. The van der Waals surface area contributed by atoms with Gasteiger partial charge >= 0.3 is 6.18 Å². The highest BCUT2D eigenvalue weighted by atomic mass is 32.2. The monoisotopic (exact) mass is 395 g/mol. The van der Waals surface area contributed by atoms with Crippen molar-refractivity contribution in [1.29, 1.82) is 0 Å². The maximum absolute atomic E-state index is 12.8. The van der Waals surface area contributed by atoms with Crippen LogP contribution in [0.25, 0.3) is 0 Å². The van der Waals surface area contributed by atoms with Crippen molar-refractivity contribution in [2.24, 2.45) is 0 Å². The fourth-order valence-corrected chi connectivity index (χ4v) is 3.99. The highest BCUT2D eigenvalue weighted by Gasteiger charge is 2.30. The summed E-state index contributed by atoms with van der Waals surface area (Å²) in [6.07, 6.45) is -2.11. The van der Waals surface area contributed by atoms with Gasteiger partial charge in [0.1, 0.15) is 0 Å². The lowest BCUT2D eigenvalue weighted by atomic mass is 10.1. The fraction of sp³-hybridized carbons (Fsp3) is 0.350. The standard InChI is InChI=1S/C20H20F3NO2S/c21-20(22,23)15-6-3-5-14(11-15)12-24-19(25)17-8-1-2-9-18(17)27-13-16-7-4-10-26-16/h1-3,5-6,8-9,11,16H,4,7,10,12-13H2,(H,24,25)/t16-/m1/s1. The minimum absolute atomic E-state index is 0.0352. The average molecular weight is 395 g/mol. The van der Waals surface area contributed by atoms with Gasteiger partial charge in [0.05, 0.1) is 17.2 Å². The van der Waals surface area contributed by atoms with E-state index in [1.165, 1.54) is 6.07 Å². The predicted molar refractivity (Wildman–Crippen MR) is 98.8 cm³/mol. The lowest BCUT2D eigenvalue weighted by Crippen LogP contribution is -2.23. The Morgan fingerprint density at radius 3 is 2.74 bits per heavy atom. The number of ether oxygens (including phenoxy) is 1. The molecule has 1 atom stereocenters. The fourth-order valence-electron chi connectivity index (χ4n) is 2.87. The smallest absolute Gasteiger partial charge is 0.377 e. The number of hydrogen-bond donors (Lipinski definition) is 1. The molecule has 0 spiro atoms. The second-order valence-electron chi connectivity index (χ2n) is 6.32. The number of amides is 1. The molecular formula is C20H20F3NO2S. The first-order chi connectivity index (χ1) is 12.9. The van der Waals surface area contributed by atoms with Gasteiger partial charge in [-0.3, -0.25) is 4.79 Å². The van der Waals surface area contributed by atoms with Gasteiger partial charge in [-0.15, -0.1) is 11.8 Å². The average Bonchev–Trinajstić information content (AvgIpc) is 3.18. The van der Waals surface area contributed by atoms with Gasteiger partial charge in [0.25, 0.3) is 5.91 Å². The van der Waals surface area contributed by atoms with E-state index >= 15 is 0 Å². The van der Waals surface area contributed by atoms with E-state index in [-0.39, 0.29) is 18.6 Å². The van der Waals surface area contributed by atoms with Crippen molar-refractivity contribution in [3.05, 3.63) is 65.2 Å². The number of rotatable bonds is 6. The summed E-state index contributed by atoms with van der Waals surface area (Å²) in [7, 11) is 0. The summed E-state index contributed by atoms with van der Waals surface area (Å²) >= 11 is 1.57. The molecule has 1 fully saturated rings. The Morgan fingerprint density at radius 2 is 2.00 bits per heavy atom. The van der Waals surface area contributed by atoms with Crippen molar-refractivity contribution in [3.8, 4) is 0 Å². The highest BCUT2D eigenvalue weighted by molar-refractivity contribution is 7.99. The number of halogens is 3. The van der Waals surface area contributed by atoms with Crippen LogP contribution in [0.3, 0.4) is 0 Å². The first kappa shape index (κ1) is 19.8. The molecule has 0 radical (unpaired) electrons. The minimum atomic E-state index is -4.40. The summed E-state index contributed by atoms with van der Waals surface area (Å²) in [5.41, 5.74) is 0.205. The molecule has 2 aromatic rings. The summed E-state index contributed by atoms with van der Waals surface area (Å²) in [6.45, 7) is 0.817. The summed E-state index contributed by atoms with van der Waals surface area (Å²) in [4.78, 5) is 13.4. The summed E-state index contributed by atoms with van der Waals surface area (Å²) in [6, 6.07) is 12.2. The number of carbonyl (C=O) groups is 1. The molecule has 1 N–H and O–H groups in total. The summed E-state index contributed by atoms with van der Waals surface area (Å²) < 4.78 is 44.0. The number of benzene rings is 2. The first-order valence-electron chi connectivity index (χ1n) is 8.71. The van der Waals surface area contributed by atoms with Gasteiger partial charge in [-0.05, 0) is 42.7 Å². The van der Waals surface area contributed by atoms with Crippen LogP contribution < -0.4 is 5.32 Å². The van der Waals surface area contributed by atoms with Crippen molar-refractivity contribution in [2.75, 3.05) is 12.4 Å². The molecule has 0 aromatic heterocycles. The lowest BCUT2D eigenvalue weighted by Gasteiger charge is -2.13. The van der Waals surface area contributed by atoms with Gasteiger partial charge in [0, 0.05) is 23.8 Å². The lowest BCUT2D eigenvalue weighted by molar-refractivity contribution is -0.137. The van der Waals surface area contributed by atoms with E-state index in [1.54, 1.807) is 30.0 Å². The maximum Gasteiger partial charge on any atom is 0.416 e. The Morgan fingerprint density at radius 1 is 1.19 bits per heavy atom. The quantitative estimate of drug-likeness (QED) is 0.707. The zero-order valence-corrected chi connectivity index (χ0v) is 15.4. The number of carbonyl (C=O) groups excluding carboxylic acids is 1. The van der Waals surface area contributed by atoms with Crippen LogP contribution in [0.1, 0.15) is 34.3 Å². The van der Waals surface area contributed by atoms with E-state index in [2.05, 4.69) is 5.32 Å². The molecule has 0 aliphatic carbocycles. The van der Waals surface area contributed by atoms with E-state index < -0.39 is 11.7 Å². The minimum Gasteiger partial charge on any atom is -0.377 e. The second-order valence-corrected chi connectivity index (χ2v) is 7.38. The number of hydrogen-bond acceptors (Lipinski definition) is 3. The molecule has 1 amide bonds. The molecular weight excluding hydrogens is 375 g/mol. The molecule has 2 aromatic carbocycles. The van der Waals surface area contributed by atoms with Gasteiger partial charge in [-0.25, -0.2) is 0 Å². The Balaban J connectivity index is 1.62. The molecule has 1 aliphatic rings. The van der Waals surface area contributed by atoms with E-state index in [9.17, 15) is 18.0 Å². The Hall–Kier alpha value is -1.99. The maximum atomic E-state index is 12.8. The Labute approximate surface area is 160 Å². The van der Waals surface area contributed by atoms with Crippen LogP contribution in [0.5, 0.6) is 0 Å². The van der Waals surface area contributed by atoms with E-state index in [4.69, 9.17) is 4.74 Å². The van der Waals surface area contributed by atoms with E-state index in [0.29, 0.717) is 11.1 Å². The molecule has 0 bridgehead atoms. The summed E-state index contributed by atoms with van der Waals surface area (Å²) in [5.74, 6) is 0.473. The number of alkyl halides is 3. The third kappa shape index (κ3) is 5.49. The van der Waals surface area contributed by atoms with E-state index in [1.807, 2.05) is 12.1 Å². The van der Waals surface area contributed by atoms with Gasteiger partial charge in [0.15, 0.2) is 0 Å². The van der Waals surface area contributed by atoms with Gasteiger partial charge in [0.2, 0.25) is 0 Å². The highest BCUT2D eigenvalue weighted by Crippen LogP contribution is 2.30. The van der Waals surface area contributed by atoms with Crippen molar-refractivity contribution in [2.45, 2.75) is 36.6 Å². The van der Waals surface area contributed by atoms with Crippen LogP contribution in [0.15, 0.2) is 53.4 Å². The normalized spacial score (nSPS) is 17.1. The van der Waals surface area contributed by atoms with Crippen LogP contribution >= 0.6 is 11.8 Å². The van der Waals surface area contributed by atoms with E-state index in [0.717, 1.165) is 42.2 Å². The molecule has 3 rings (SSSR count). The SMILES string of the molecule is O=C(NCc1cccc(C(F)(F)F)c1)c1ccccc1SC[C@H]1CCCO1. The molecule has 144 valence electrons. The van der Waals surface area contributed by atoms with Crippen LogP contribution in [0.4, 0.5) is 13.2 Å². The van der Waals surface area contributed by atoms with Crippen LogP contribution in [0.2, 0.25) is 0 Å². The number of nitrogens with one attached hydrogen (secondary N) is 1.